The third kappa shape index (κ3) is 4.27. The van der Waals surface area contributed by atoms with E-state index in [-0.39, 0.29) is 30.3 Å². The van der Waals surface area contributed by atoms with Crippen molar-refractivity contribution in [2.75, 3.05) is 26.8 Å². The van der Waals surface area contributed by atoms with Crippen molar-refractivity contribution in [3.63, 3.8) is 0 Å². The number of methoxy groups -OCH3 is 1. The maximum Gasteiger partial charge on any atom is 0.341 e. The molecule has 3 rings (SSSR count). The Bertz CT molecular complexity index is 799. The van der Waals surface area contributed by atoms with Crippen molar-refractivity contribution in [2.24, 2.45) is 0 Å². The van der Waals surface area contributed by atoms with E-state index in [2.05, 4.69) is 0 Å². The molecule has 2 atom stereocenters. The minimum Gasteiger partial charge on any atom is -0.494 e. The van der Waals surface area contributed by atoms with Gasteiger partial charge in [0, 0.05) is 19.1 Å². The lowest BCUT2D eigenvalue weighted by atomic mass is 10.1. The number of carbonyl (C=O) groups is 1. The second-order valence-corrected chi connectivity index (χ2v) is 6.86. The summed E-state index contributed by atoms with van der Waals surface area (Å²) in [6, 6.07) is 14.1. The van der Waals surface area contributed by atoms with Crippen molar-refractivity contribution in [3.05, 3.63) is 65.5 Å². The summed E-state index contributed by atoms with van der Waals surface area (Å²) in [6.07, 6.45) is 0.262. The molecule has 27 heavy (non-hydrogen) atoms. The molecule has 0 unspecified atom stereocenters. The van der Waals surface area contributed by atoms with Crippen LogP contribution in [0.15, 0.2) is 48.5 Å². The number of ether oxygens (including phenoxy) is 2. The highest BCUT2D eigenvalue weighted by molar-refractivity contribution is 5.90. The first-order valence-corrected chi connectivity index (χ1v) is 8.91. The van der Waals surface area contributed by atoms with E-state index in [1.807, 2.05) is 42.2 Å². The predicted octanol–water partition coefficient (Wildman–Crippen LogP) is 4.17. The molecule has 0 spiro atoms. The number of rotatable bonds is 6. The molecule has 2 aromatic carbocycles. The van der Waals surface area contributed by atoms with E-state index in [1.165, 1.54) is 25.3 Å². The predicted molar refractivity (Wildman–Crippen MR) is 98.1 cm³/mol. The van der Waals surface area contributed by atoms with Gasteiger partial charge in [-0.3, -0.25) is 4.90 Å². The summed E-state index contributed by atoms with van der Waals surface area (Å²) < 4.78 is 39.2. The summed E-state index contributed by atoms with van der Waals surface area (Å²) in [5.41, 5.74) is -0.795. The molecular weight excluding hydrogens is 352 g/mol. The van der Waals surface area contributed by atoms with Gasteiger partial charge in [-0.2, -0.15) is 0 Å². The molecule has 0 saturated carbocycles. The van der Waals surface area contributed by atoms with Crippen molar-refractivity contribution >= 4 is 5.97 Å². The summed E-state index contributed by atoms with van der Waals surface area (Å²) in [5.74, 6) is -1.75. The third-order valence-electron chi connectivity index (χ3n) is 5.03. The summed E-state index contributed by atoms with van der Waals surface area (Å²) in [4.78, 5) is 14.2. The second-order valence-electron chi connectivity index (χ2n) is 6.86. The van der Waals surface area contributed by atoms with Crippen molar-refractivity contribution < 1.29 is 23.0 Å². The highest BCUT2D eigenvalue weighted by Gasteiger charge is 2.41. The zero-order valence-corrected chi connectivity index (χ0v) is 15.5. The minimum absolute atomic E-state index is 0.0526. The Balaban J connectivity index is 1.61. The molecule has 1 saturated heterocycles. The average molecular weight is 375 g/mol. The maximum atomic E-state index is 15.1. The molecule has 0 N–H and O–H groups in total. The second kappa shape index (κ2) is 8.05. The fourth-order valence-electron chi connectivity index (χ4n) is 3.36. The molecule has 1 aliphatic heterocycles. The SMILES string of the molecule is COc1cccc(C(=O)OC[C@@]2(F)CCN([C@H](C)c3ccccc3)C2)c1F. The van der Waals surface area contributed by atoms with Crippen LogP contribution in [0.4, 0.5) is 8.78 Å². The summed E-state index contributed by atoms with van der Waals surface area (Å²) in [6.45, 7) is 2.35. The van der Waals surface area contributed by atoms with Crippen molar-refractivity contribution in [2.45, 2.75) is 25.1 Å². The Labute approximate surface area is 157 Å². The normalized spacial score (nSPS) is 21.0. The van der Waals surface area contributed by atoms with Gasteiger partial charge in [0.15, 0.2) is 17.2 Å². The highest BCUT2D eigenvalue weighted by Crippen LogP contribution is 2.33. The number of likely N-dealkylation sites (tertiary alicyclic amines) is 1. The van der Waals surface area contributed by atoms with Crippen LogP contribution < -0.4 is 4.74 Å². The molecule has 1 heterocycles. The van der Waals surface area contributed by atoms with Gasteiger partial charge in [-0.15, -0.1) is 0 Å². The van der Waals surface area contributed by atoms with Crippen molar-refractivity contribution in [3.8, 4) is 5.75 Å². The van der Waals surface area contributed by atoms with Crippen LogP contribution in [0.1, 0.15) is 35.3 Å². The van der Waals surface area contributed by atoms with Gasteiger partial charge in [-0.05, 0) is 31.0 Å². The summed E-state index contributed by atoms with van der Waals surface area (Å²) >= 11 is 0. The standard InChI is InChI=1S/C21H23F2NO3/c1-15(16-7-4-3-5-8-16)24-12-11-21(23,13-24)14-27-20(25)17-9-6-10-18(26-2)19(17)22/h3-10,15H,11-14H2,1-2H3/t15-,21-/m1/s1. The molecular formula is C21H23F2NO3. The molecule has 4 nitrogen and oxygen atoms in total. The lowest BCUT2D eigenvalue weighted by molar-refractivity contribution is 0.0159. The lowest BCUT2D eigenvalue weighted by Crippen LogP contribution is -2.35. The first-order valence-electron chi connectivity index (χ1n) is 8.91. The molecule has 0 amide bonds. The van der Waals surface area contributed by atoms with Gasteiger partial charge in [0.1, 0.15) is 6.61 Å². The van der Waals surface area contributed by atoms with Crippen LogP contribution in [0.25, 0.3) is 0 Å². The van der Waals surface area contributed by atoms with Crippen molar-refractivity contribution in [1.29, 1.82) is 0 Å². The number of nitrogens with zero attached hydrogens (tertiary/aromatic N) is 1. The molecule has 1 aliphatic rings. The van der Waals surface area contributed by atoms with Crippen molar-refractivity contribution in [1.82, 2.24) is 4.90 Å². The van der Waals surface area contributed by atoms with Crippen LogP contribution in [0.3, 0.4) is 0 Å². The number of hydrogen-bond donors (Lipinski definition) is 0. The molecule has 0 bridgehead atoms. The Hall–Kier alpha value is -2.47. The quantitative estimate of drug-likeness (QED) is 0.711. The van der Waals surface area contributed by atoms with E-state index < -0.39 is 24.1 Å². The molecule has 0 aromatic heterocycles. The molecule has 6 heteroatoms. The molecule has 0 aliphatic carbocycles. The summed E-state index contributed by atoms with van der Waals surface area (Å²) in [7, 11) is 1.31. The monoisotopic (exact) mass is 375 g/mol. The molecule has 0 radical (unpaired) electrons. The van der Waals surface area contributed by atoms with Crippen LogP contribution in [-0.4, -0.2) is 43.3 Å². The van der Waals surface area contributed by atoms with Gasteiger partial charge < -0.3 is 9.47 Å². The number of benzene rings is 2. The molecule has 2 aromatic rings. The Morgan fingerprint density at radius 1 is 1.22 bits per heavy atom. The number of halogens is 2. The lowest BCUT2D eigenvalue weighted by Gasteiger charge is -2.26. The fourth-order valence-corrected chi connectivity index (χ4v) is 3.36. The third-order valence-corrected chi connectivity index (χ3v) is 5.03. The first-order chi connectivity index (χ1) is 12.9. The Morgan fingerprint density at radius 3 is 2.67 bits per heavy atom. The number of carbonyl (C=O) groups excluding carboxylic acids is 1. The van der Waals surface area contributed by atoms with E-state index in [0.29, 0.717) is 6.54 Å². The van der Waals surface area contributed by atoms with Crippen LogP contribution in [0.2, 0.25) is 0 Å². The Morgan fingerprint density at radius 2 is 1.96 bits per heavy atom. The van der Waals surface area contributed by atoms with E-state index in [0.717, 1.165) is 5.56 Å². The van der Waals surface area contributed by atoms with E-state index >= 15 is 4.39 Å². The average Bonchev–Trinajstić information content (AvgIpc) is 3.09. The minimum atomic E-state index is -1.64. The topological polar surface area (TPSA) is 38.8 Å². The van der Waals surface area contributed by atoms with Gasteiger partial charge in [-0.1, -0.05) is 36.4 Å². The molecule has 1 fully saturated rings. The van der Waals surface area contributed by atoms with E-state index in [9.17, 15) is 9.18 Å². The van der Waals surface area contributed by atoms with Gasteiger partial charge >= 0.3 is 5.97 Å². The van der Waals surface area contributed by atoms with E-state index in [4.69, 9.17) is 9.47 Å². The van der Waals surface area contributed by atoms with Crippen LogP contribution in [0.5, 0.6) is 5.75 Å². The first kappa shape index (κ1) is 19.3. The van der Waals surface area contributed by atoms with Gasteiger partial charge in [0.25, 0.3) is 0 Å². The number of hydrogen-bond acceptors (Lipinski definition) is 4. The highest BCUT2D eigenvalue weighted by atomic mass is 19.1. The maximum absolute atomic E-state index is 15.1. The largest absolute Gasteiger partial charge is 0.494 e. The molecule has 144 valence electrons. The fraction of sp³-hybridized carbons (Fsp3) is 0.381. The van der Waals surface area contributed by atoms with Gasteiger partial charge in [0.05, 0.1) is 12.7 Å². The van der Waals surface area contributed by atoms with Crippen LogP contribution >= 0.6 is 0 Å². The zero-order chi connectivity index (χ0) is 19.4. The zero-order valence-electron chi connectivity index (χ0n) is 15.5. The number of esters is 1. The van der Waals surface area contributed by atoms with Gasteiger partial charge in [0.2, 0.25) is 0 Å². The van der Waals surface area contributed by atoms with Crippen LogP contribution in [-0.2, 0) is 4.74 Å². The summed E-state index contributed by atoms with van der Waals surface area (Å²) in [5, 5.41) is 0. The van der Waals surface area contributed by atoms with Crippen LogP contribution in [0, 0.1) is 5.82 Å². The van der Waals surface area contributed by atoms with Gasteiger partial charge in [-0.25, -0.2) is 13.6 Å². The van der Waals surface area contributed by atoms with E-state index in [1.54, 1.807) is 0 Å². The Kier molecular flexibility index (Phi) is 5.75. The smallest absolute Gasteiger partial charge is 0.341 e. The number of alkyl halides is 1.